The highest BCUT2D eigenvalue weighted by molar-refractivity contribution is 9.09. The topological polar surface area (TPSA) is 59.0 Å². The van der Waals surface area contributed by atoms with E-state index in [0.717, 1.165) is 18.2 Å². The first-order valence-corrected chi connectivity index (χ1v) is 9.42. The van der Waals surface area contributed by atoms with Crippen LogP contribution in [-0.2, 0) is 14.8 Å². The molecule has 5 nitrogen and oxygen atoms in total. The second kappa shape index (κ2) is 5.70. The Morgan fingerprint density at radius 1 is 1.29 bits per heavy atom. The van der Waals surface area contributed by atoms with E-state index >= 15 is 0 Å². The van der Waals surface area contributed by atoms with Crippen LogP contribution in [0.15, 0.2) is 34.2 Å². The van der Waals surface area contributed by atoms with Gasteiger partial charge in [-0.3, -0.25) is 4.31 Å². The van der Waals surface area contributed by atoms with Gasteiger partial charge in [-0.2, -0.15) is 0 Å². The van der Waals surface area contributed by atoms with Gasteiger partial charge in [0.25, 0.3) is 10.0 Å². The number of sulfonamides is 1. The Morgan fingerprint density at radius 2 is 2.00 bits per heavy atom. The molecule has 0 spiro atoms. The van der Waals surface area contributed by atoms with Crippen molar-refractivity contribution in [3.8, 4) is 0 Å². The number of rotatable bonds is 3. The fourth-order valence-electron chi connectivity index (χ4n) is 2.69. The van der Waals surface area contributed by atoms with Gasteiger partial charge in [-0.15, -0.1) is 0 Å². The number of ether oxygens (including phenoxy) is 1. The van der Waals surface area contributed by atoms with Crippen LogP contribution in [0.2, 0.25) is 0 Å². The quantitative estimate of drug-likeness (QED) is 0.766. The van der Waals surface area contributed by atoms with E-state index < -0.39 is 10.0 Å². The minimum Gasteiger partial charge on any atom is -0.381 e. The Balaban J connectivity index is 1.91. The van der Waals surface area contributed by atoms with E-state index in [4.69, 9.17) is 4.74 Å². The molecule has 114 valence electrons. The number of para-hydroxylation sites is 1. The highest BCUT2D eigenvalue weighted by Crippen LogP contribution is 2.37. The zero-order valence-corrected chi connectivity index (χ0v) is 13.9. The minimum atomic E-state index is -3.51. The van der Waals surface area contributed by atoms with Crippen molar-refractivity contribution in [1.82, 2.24) is 4.31 Å². The molecule has 1 fully saturated rings. The highest BCUT2D eigenvalue weighted by atomic mass is 79.9. The Hall–Kier alpha value is -0.920. The predicted octanol–water partition coefficient (Wildman–Crippen LogP) is 2.54. The summed E-state index contributed by atoms with van der Waals surface area (Å²) >= 11 is 3.54. The monoisotopic (exact) mass is 372 g/mol. The molecular formula is C14H17BrN2O3S. The number of benzene rings is 1. The fraction of sp³-hybridized carbons (Fsp3) is 0.500. The number of aliphatic imine (C=N–C) groups is 1. The lowest BCUT2D eigenvalue weighted by Crippen LogP contribution is -2.45. The van der Waals surface area contributed by atoms with E-state index in [-0.39, 0.29) is 10.3 Å². The summed E-state index contributed by atoms with van der Waals surface area (Å²) in [6.45, 7) is 1.78. The Morgan fingerprint density at radius 3 is 2.71 bits per heavy atom. The second-order valence-electron chi connectivity index (χ2n) is 5.51. The van der Waals surface area contributed by atoms with Gasteiger partial charge in [-0.1, -0.05) is 28.1 Å². The lowest BCUT2D eigenvalue weighted by Gasteiger charge is -2.39. The molecule has 0 saturated carbocycles. The van der Waals surface area contributed by atoms with E-state index in [1.54, 1.807) is 24.3 Å². The van der Waals surface area contributed by atoms with Crippen LogP contribution in [0, 0.1) is 5.41 Å². The van der Waals surface area contributed by atoms with Gasteiger partial charge in [0.15, 0.2) is 0 Å². The first-order chi connectivity index (χ1) is 10.1. The van der Waals surface area contributed by atoms with Gasteiger partial charge >= 0.3 is 0 Å². The smallest absolute Gasteiger partial charge is 0.267 e. The zero-order chi connectivity index (χ0) is 14.9. The van der Waals surface area contributed by atoms with Gasteiger partial charge in [0.2, 0.25) is 0 Å². The summed E-state index contributed by atoms with van der Waals surface area (Å²) in [6, 6.07) is 6.85. The SMILES string of the molecule is O=S1(=O)c2ccccc2N=CN1CC1(CBr)CCOCC1. The molecule has 3 rings (SSSR count). The highest BCUT2D eigenvalue weighted by Gasteiger charge is 2.38. The van der Waals surface area contributed by atoms with Crippen LogP contribution in [0.3, 0.4) is 0 Å². The van der Waals surface area contributed by atoms with Crippen LogP contribution in [-0.4, -0.2) is 44.2 Å². The van der Waals surface area contributed by atoms with Crippen LogP contribution >= 0.6 is 15.9 Å². The molecule has 2 aliphatic heterocycles. The zero-order valence-electron chi connectivity index (χ0n) is 11.5. The third kappa shape index (κ3) is 2.74. The largest absolute Gasteiger partial charge is 0.381 e. The Kier molecular flexibility index (Phi) is 4.07. The van der Waals surface area contributed by atoms with Crippen molar-refractivity contribution < 1.29 is 13.2 Å². The minimum absolute atomic E-state index is 0.0936. The van der Waals surface area contributed by atoms with Gasteiger partial charge < -0.3 is 4.74 Å². The van der Waals surface area contributed by atoms with E-state index in [0.29, 0.717) is 25.4 Å². The normalized spacial score (nSPS) is 22.8. The molecule has 0 radical (unpaired) electrons. The van der Waals surface area contributed by atoms with Gasteiger partial charge in [0.05, 0.1) is 5.69 Å². The standard InChI is InChI=1S/C14H17BrN2O3S/c15-9-14(5-7-20-8-6-14)10-17-11-16-12-3-1-2-4-13(12)21(17,18)19/h1-4,11H,5-10H2. The maximum atomic E-state index is 12.7. The third-order valence-corrected chi connectivity index (χ3v) is 7.04. The second-order valence-corrected chi connectivity index (χ2v) is 7.93. The number of nitrogens with zero attached hydrogens (tertiary/aromatic N) is 2. The lowest BCUT2D eigenvalue weighted by atomic mass is 9.82. The van der Waals surface area contributed by atoms with Crippen LogP contribution in [0.4, 0.5) is 5.69 Å². The van der Waals surface area contributed by atoms with Crippen LogP contribution in [0.1, 0.15) is 12.8 Å². The number of alkyl halides is 1. The maximum Gasteiger partial charge on any atom is 0.267 e. The van der Waals surface area contributed by atoms with Crippen molar-refractivity contribution in [1.29, 1.82) is 0 Å². The van der Waals surface area contributed by atoms with E-state index in [1.807, 2.05) is 0 Å². The molecule has 0 amide bonds. The maximum absolute atomic E-state index is 12.7. The van der Waals surface area contributed by atoms with Crippen molar-refractivity contribution in [2.45, 2.75) is 17.7 Å². The van der Waals surface area contributed by atoms with Crippen molar-refractivity contribution in [3.63, 3.8) is 0 Å². The molecule has 21 heavy (non-hydrogen) atoms. The summed E-state index contributed by atoms with van der Waals surface area (Å²) in [6.07, 6.45) is 3.14. The number of halogens is 1. The van der Waals surface area contributed by atoms with Crippen molar-refractivity contribution in [3.05, 3.63) is 24.3 Å². The first-order valence-electron chi connectivity index (χ1n) is 6.86. The summed E-state index contributed by atoms with van der Waals surface area (Å²) in [4.78, 5) is 4.56. The van der Waals surface area contributed by atoms with Crippen molar-refractivity contribution >= 4 is 38.0 Å². The lowest BCUT2D eigenvalue weighted by molar-refractivity contribution is 0.0234. The third-order valence-electron chi connectivity index (χ3n) is 4.11. The summed E-state index contributed by atoms with van der Waals surface area (Å²) in [5.74, 6) is 0. The number of hydrogen-bond acceptors (Lipinski definition) is 4. The molecule has 1 saturated heterocycles. The van der Waals surface area contributed by atoms with Crippen LogP contribution in [0.5, 0.6) is 0 Å². The molecule has 1 aromatic carbocycles. The van der Waals surface area contributed by atoms with Crippen LogP contribution in [0.25, 0.3) is 0 Å². The molecule has 2 heterocycles. The molecule has 1 aromatic rings. The molecular weight excluding hydrogens is 356 g/mol. The molecule has 0 N–H and O–H groups in total. The predicted molar refractivity (Wildman–Crippen MR) is 84.8 cm³/mol. The van der Waals surface area contributed by atoms with E-state index in [1.165, 1.54) is 10.6 Å². The van der Waals surface area contributed by atoms with Gasteiger partial charge in [-0.25, -0.2) is 13.4 Å². The molecule has 0 aromatic heterocycles. The van der Waals surface area contributed by atoms with Crippen molar-refractivity contribution in [2.75, 3.05) is 25.1 Å². The summed E-state index contributed by atoms with van der Waals surface area (Å²) in [5.41, 5.74) is 0.414. The van der Waals surface area contributed by atoms with E-state index in [9.17, 15) is 8.42 Å². The number of hydrogen-bond donors (Lipinski definition) is 0. The van der Waals surface area contributed by atoms with Crippen LogP contribution < -0.4 is 0 Å². The summed E-state index contributed by atoms with van der Waals surface area (Å²) in [5, 5.41) is 0.755. The van der Waals surface area contributed by atoms with E-state index in [2.05, 4.69) is 20.9 Å². The number of fused-ring (bicyclic) bond motifs is 1. The molecule has 7 heteroatoms. The average Bonchev–Trinajstić information content (AvgIpc) is 2.51. The molecule has 0 bridgehead atoms. The molecule has 0 unspecified atom stereocenters. The van der Waals surface area contributed by atoms with Gasteiger partial charge in [-0.05, 0) is 25.0 Å². The average molecular weight is 373 g/mol. The molecule has 0 atom stereocenters. The summed E-state index contributed by atoms with van der Waals surface area (Å²) in [7, 11) is -3.51. The Bertz CT molecular complexity index is 654. The fourth-order valence-corrected chi connectivity index (χ4v) is 4.93. The molecule has 0 aliphatic carbocycles. The summed E-state index contributed by atoms with van der Waals surface area (Å²) < 4.78 is 32.2. The van der Waals surface area contributed by atoms with Gasteiger partial charge in [0.1, 0.15) is 11.2 Å². The Labute approximate surface area is 133 Å². The van der Waals surface area contributed by atoms with Crippen molar-refractivity contribution in [2.24, 2.45) is 10.4 Å². The van der Waals surface area contributed by atoms with Gasteiger partial charge in [0, 0.05) is 30.5 Å². The molecule has 2 aliphatic rings. The first kappa shape index (κ1) is 15.0.